The highest BCUT2D eigenvalue weighted by Crippen LogP contribution is 2.18. The first-order valence-corrected chi connectivity index (χ1v) is 9.12. The maximum absolute atomic E-state index is 12.4. The number of ether oxygens (including phenoxy) is 1. The molecule has 0 aliphatic carbocycles. The summed E-state index contributed by atoms with van der Waals surface area (Å²) in [6.45, 7) is 8.57. The summed E-state index contributed by atoms with van der Waals surface area (Å²) in [6, 6.07) is 16.8. The molecule has 5 heteroatoms. The lowest BCUT2D eigenvalue weighted by atomic mass is 10.1. The van der Waals surface area contributed by atoms with Gasteiger partial charge in [0.2, 0.25) is 0 Å². The second-order valence-electron chi connectivity index (χ2n) is 5.85. The van der Waals surface area contributed by atoms with Crippen LogP contribution in [0.3, 0.4) is 0 Å². The number of nitriles is 1. The molecule has 0 atom stereocenters. The SMILES string of the molecule is CCOc1ccc(NC(=O)/C(C#N)=C/c2ccc(N(CC)CC)cc2)cc1. The van der Waals surface area contributed by atoms with E-state index in [0.717, 1.165) is 30.1 Å². The monoisotopic (exact) mass is 363 g/mol. The molecule has 0 saturated carbocycles. The molecule has 5 nitrogen and oxygen atoms in total. The van der Waals surface area contributed by atoms with Crippen molar-refractivity contribution >= 4 is 23.4 Å². The van der Waals surface area contributed by atoms with Gasteiger partial charge in [-0.25, -0.2) is 0 Å². The maximum atomic E-state index is 12.4. The van der Waals surface area contributed by atoms with E-state index in [4.69, 9.17) is 4.74 Å². The molecule has 1 N–H and O–H groups in total. The van der Waals surface area contributed by atoms with E-state index in [1.165, 1.54) is 0 Å². The van der Waals surface area contributed by atoms with E-state index in [1.54, 1.807) is 30.3 Å². The molecule has 0 aliphatic rings. The van der Waals surface area contributed by atoms with Gasteiger partial charge in [-0.15, -0.1) is 0 Å². The average molecular weight is 363 g/mol. The van der Waals surface area contributed by atoms with Crippen molar-refractivity contribution in [3.05, 3.63) is 59.7 Å². The van der Waals surface area contributed by atoms with Crippen LogP contribution >= 0.6 is 0 Å². The van der Waals surface area contributed by atoms with Crippen molar-refractivity contribution in [3.8, 4) is 11.8 Å². The van der Waals surface area contributed by atoms with Gasteiger partial charge in [0.1, 0.15) is 17.4 Å². The summed E-state index contributed by atoms with van der Waals surface area (Å²) < 4.78 is 5.38. The fourth-order valence-electron chi connectivity index (χ4n) is 2.68. The number of amides is 1. The summed E-state index contributed by atoms with van der Waals surface area (Å²) in [7, 11) is 0. The Bertz CT molecular complexity index is 814. The first kappa shape index (κ1) is 20.1. The van der Waals surface area contributed by atoms with Crippen molar-refractivity contribution in [3.63, 3.8) is 0 Å². The summed E-state index contributed by atoms with van der Waals surface area (Å²) in [5.41, 5.74) is 2.60. The van der Waals surface area contributed by atoms with Crippen LogP contribution in [0.2, 0.25) is 0 Å². The van der Waals surface area contributed by atoms with Crippen LogP contribution in [0.25, 0.3) is 6.08 Å². The van der Waals surface area contributed by atoms with Gasteiger partial charge >= 0.3 is 0 Å². The average Bonchev–Trinajstić information content (AvgIpc) is 2.69. The Balaban J connectivity index is 2.10. The van der Waals surface area contributed by atoms with Crippen molar-refractivity contribution in [2.75, 3.05) is 29.9 Å². The molecule has 0 spiro atoms. The van der Waals surface area contributed by atoms with Crippen LogP contribution in [0.5, 0.6) is 5.75 Å². The number of hydrogen-bond donors (Lipinski definition) is 1. The second-order valence-corrected chi connectivity index (χ2v) is 5.85. The zero-order chi connectivity index (χ0) is 19.6. The molecule has 0 unspecified atom stereocenters. The maximum Gasteiger partial charge on any atom is 0.266 e. The Morgan fingerprint density at radius 3 is 2.22 bits per heavy atom. The predicted molar refractivity (Wildman–Crippen MR) is 110 cm³/mol. The molecular formula is C22H25N3O2. The van der Waals surface area contributed by atoms with E-state index in [9.17, 15) is 10.1 Å². The van der Waals surface area contributed by atoms with Gasteiger partial charge < -0.3 is 15.0 Å². The van der Waals surface area contributed by atoms with Crippen LogP contribution in [0.4, 0.5) is 11.4 Å². The van der Waals surface area contributed by atoms with Crippen LogP contribution in [0, 0.1) is 11.3 Å². The topological polar surface area (TPSA) is 65.4 Å². The number of carbonyl (C=O) groups is 1. The van der Waals surface area contributed by atoms with Crippen molar-refractivity contribution in [2.24, 2.45) is 0 Å². The van der Waals surface area contributed by atoms with Gasteiger partial charge in [-0.2, -0.15) is 5.26 Å². The number of carbonyl (C=O) groups excluding carboxylic acids is 1. The molecule has 0 heterocycles. The van der Waals surface area contributed by atoms with Gasteiger partial charge in [0.15, 0.2) is 0 Å². The molecule has 140 valence electrons. The van der Waals surface area contributed by atoms with Crippen molar-refractivity contribution in [1.29, 1.82) is 5.26 Å². The fourth-order valence-corrected chi connectivity index (χ4v) is 2.68. The van der Waals surface area contributed by atoms with E-state index in [0.29, 0.717) is 12.3 Å². The third kappa shape index (κ3) is 5.61. The van der Waals surface area contributed by atoms with Crippen LogP contribution < -0.4 is 15.0 Å². The van der Waals surface area contributed by atoms with Crippen molar-refractivity contribution in [2.45, 2.75) is 20.8 Å². The van der Waals surface area contributed by atoms with Crippen LogP contribution in [-0.4, -0.2) is 25.6 Å². The minimum Gasteiger partial charge on any atom is -0.494 e. The zero-order valence-electron chi connectivity index (χ0n) is 16.0. The molecule has 27 heavy (non-hydrogen) atoms. The minimum absolute atomic E-state index is 0.0551. The largest absolute Gasteiger partial charge is 0.494 e. The number of benzene rings is 2. The molecule has 2 rings (SSSR count). The summed E-state index contributed by atoms with van der Waals surface area (Å²) in [4.78, 5) is 14.6. The molecule has 2 aromatic carbocycles. The molecular weight excluding hydrogens is 338 g/mol. The van der Waals surface area contributed by atoms with E-state index in [2.05, 4.69) is 24.1 Å². The Morgan fingerprint density at radius 1 is 1.07 bits per heavy atom. The van der Waals surface area contributed by atoms with E-state index in [1.807, 2.05) is 37.3 Å². The number of rotatable bonds is 8. The van der Waals surface area contributed by atoms with Crippen molar-refractivity contribution < 1.29 is 9.53 Å². The number of nitrogens with one attached hydrogen (secondary N) is 1. The molecule has 1 amide bonds. The highest BCUT2D eigenvalue weighted by molar-refractivity contribution is 6.09. The molecule has 0 aliphatic heterocycles. The first-order valence-electron chi connectivity index (χ1n) is 9.12. The number of hydrogen-bond acceptors (Lipinski definition) is 4. The quantitative estimate of drug-likeness (QED) is 0.555. The first-order chi connectivity index (χ1) is 13.1. The summed E-state index contributed by atoms with van der Waals surface area (Å²) >= 11 is 0. The standard InChI is InChI=1S/C22H25N3O2/c1-4-25(5-2)20-11-7-17(8-12-20)15-18(16-23)22(26)24-19-9-13-21(14-10-19)27-6-3/h7-15H,4-6H2,1-3H3,(H,24,26)/b18-15+. The van der Waals surface area contributed by atoms with Gasteiger partial charge in [-0.05, 0) is 68.8 Å². The van der Waals surface area contributed by atoms with Crippen LogP contribution in [-0.2, 0) is 4.79 Å². The highest BCUT2D eigenvalue weighted by atomic mass is 16.5. The third-order valence-electron chi connectivity index (χ3n) is 4.12. The van der Waals surface area contributed by atoms with Gasteiger partial charge in [-0.3, -0.25) is 4.79 Å². The van der Waals surface area contributed by atoms with Gasteiger partial charge in [0.25, 0.3) is 5.91 Å². The summed E-state index contributed by atoms with van der Waals surface area (Å²) in [5.74, 6) is 0.300. The fraction of sp³-hybridized carbons (Fsp3) is 0.273. The van der Waals surface area contributed by atoms with Gasteiger partial charge in [0.05, 0.1) is 6.61 Å². The Morgan fingerprint density at radius 2 is 1.70 bits per heavy atom. The van der Waals surface area contributed by atoms with Gasteiger partial charge in [-0.1, -0.05) is 12.1 Å². The molecule has 2 aromatic rings. The lowest BCUT2D eigenvalue weighted by Crippen LogP contribution is -2.21. The lowest BCUT2D eigenvalue weighted by Gasteiger charge is -2.20. The Labute approximate surface area is 160 Å². The normalized spacial score (nSPS) is 10.8. The molecule has 0 aromatic heterocycles. The lowest BCUT2D eigenvalue weighted by molar-refractivity contribution is -0.112. The predicted octanol–water partition coefficient (Wildman–Crippen LogP) is 4.48. The van der Waals surface area contributed by atoms with Crippen LogP contribution in [0.15, 0.2) is 54.1 Å². The second kappa shape index (κ2) is 10.0. The highest BCUT2D eigenvalue weighted by Gasteiger charge is 2.10. The molecule has 0 saturated heterocycles. The smallest absolute Gasteiger partial charge is 0.266 e. The molecule has 0 fully saturated rings. The number of anilines is 2. The Kier molecular flexibility index (Phi) is 7.45. The van der Waals surface area contributed by atoms with E-state index >= 15 is 0 Å². The summed E-state index contributed by atoms with van der Waals surface area (Å²) in [5, 5.41) is 12.1. The molecule has 0 bridgehead atoms. The zero-order valence-corrected chi connectivity index (χ0v) is 16.0. The summed E-state index contributed by atoms with van der Waals surface area (Å²) in [6.07, 6.45) is 1.59. The Hall–Kier alpha value is -3.26. The van der Waals surface area contributed by atoms with Gasteiger partial charge in [0, 0.05) is 24.5 Å². The molecule has 0 radical (unpaired) electrons. The van der Waals surface area contributed by atoms with E-state index < -0.39 is 5.91 Å². The minimum atomic E-state index is -0.436. The third-order valence-corrected chi connectivity index (χ3v) is 4.12. The number of nitrogens with zero attached hydrogens (tertiary/aromatic N) is 2. The van der Waals surface area contributed by atoms with Crippen molar-refractivity contribution in [1.82, 2.24) is 0 Å². The van der Waals surface area contributed by atoms with Crippen LogP contribution in [0.1, 0.15) is 26.3 Å². The van der Waals surface area contributed by atoms with E-state index in [-0.39, 0.29) is 5.57 Å².